The molecule has 4 heteroatoms. The minimum Gasteiger partial charge on any atom is -0.324 e. The molecule has 1 aromatic carbocycles. The molecule has 0 saturated carbocycles. The van der Waals surface area contributed by atoms with Gasteiger partial charge in [0.05, 0.1) is 6.04 Å². The van der Waals surface area contributed by atoms with Crippen LogP contribution in [0.4, 0.5) is 10.1 Å². The summed E-state index contributed by atoms with van der Waals surface area (Å²) in [6.07, 6.45) is 3.02. The SMILES string of the molecule is Cc1ccc(F)cc1NC(=O)[C@@H]1CCCCN1. The number of carbonyl (C=O) groups excluding carboxylic acids is 1. The maximum Gasteiger partial charge on any atom is 0.241 e. The second-order valence-electron chi connectivity index (χ2n) is 4.45. The molecule has 1 amide bonds. The summed E-state index contributed by atoms with van der Waals surface area (Å²) in [5.41, 5.74) is 1.43. The lowest BCUT2D eigenvalue weighted by Crippen LogP contribution is -2.43. The van der Waals surface area contributed by atoms with Crippen molar-refractivity contribution in [2.24, 2.45) is 0 Å². The van der Waals surface area contributed by atoms with E-state index in [9.17, 15) is 9.18 Å². The molecule has 0 radical (unpaired) electrons. The number of aryl methyl sites for hydroxylation is 1. The lowest BCUT2D eigenvalue weighted by molar-refractivity contribution is -0.118. The number of benzene rings is 1. The summed E-state index contributed by atoms with van der Waals surface area (Å²) < 4.78 is 13.1. The van der Waals surface area contributed by atoms with Crippen molar-refractivity contribution in [1.82, 2.24) is 5.32 Å². The van der Waals surface area contributed by atoms with Crippen LogP contribution in [0.1, 0.15) is 24.8 Å². The van der Waals surface area contributed by atoms with Crippen LogP contribution < -0.4 is 10.6 Å². The Labute approximate surface area is 100 Å². The molecule has 1 aliphatic heterocycles. The maximum atomic E-state index is 13.1. The van der Waals surface area contributed by atoms with Crippen LogP contribution in [0.3, 0.4) is 0 Å². The van der Waals surface area contributed by atoms with Crippen LogP contribution in [0.2, 0.25) is 0 Å². The van der Waals surface area contributed by atoms with E-state index in [2.05, 4.69) is 10.6 Å². The standard InChI is InChI=1S/C13H17FN2O/c1-9-5-6-10(14)8-12(9)16-13(17)11-4-2-3-7-15-11/h5-6,8,11,15H,2-4,7H2,1H3,(H,16,17)/t11-/m0/s1. The number of anilines is 1. The molecule has 2 rings (SSSR count). The number of amides is 1. The Hall–Kier alpha value is -1.42. The first-order chi connectivity index (χ1) is 8.16. The van der Waals surface area contributed by atoms with Crippen LogP contribution >= 0.6 is 0 Å². The molecule has 92 valence electrons. The van der Waals surface area contributed by atoms with E-state index in [1.165, 1.54) is 12.1 Å². The lowest BCUT2D eigenvalue weighted by atomic mass is 10.0. The topological polar surface area (TPSA) is 41.1 Å². The fraction of sp³-hybridized carbons (Fsp3) is 0.462. The Balaban J connectivity index is 2.04. The van der Waals surface area contributed by atoms with Gasteiger partial charge in [-0.15, -0.1) is 0 Å². The second-order valence-corrected chi connectivity index (χ2v) is 4.45. The Bertz CT molecular complexity index is 414. The van der Waals surface area contributed by atoms with Gasteiger partial charge in [0, 0.05) is 5.69 Å². The van der Waals surface area contributed by atoms with Crippen LogP contribution in [0, 0.1) is 12.7 Å². The predicted molar refractivity (Wildman–Crippen MR) is 65.4 cm³/mol. The van der Waals surface area contributed by atoms with E-state index in [0.717, 1.165) is 31.4 Å². The third-order valence-corrected chi connectivity index (χ3v) is 3.08. The van der Waals surface area contributed by atoms with E-state index in [1.54, 1.807) is 6.07 Å². The summed E-state index contributed by atoms with van der Waals surface area (Å²) in [4.78, 5) is 11.9. The third-order valence-electron chi connectivity index (χ3n) is 3.08. The molecule has 3 nitrogen and oxygen atoms in total. The maximum absolute atomic E-state index is 13.1. The molecule has 1 aliphatic rings. The Kier molecular flexibility index (Phi) is 3.74. The van der Waals surface area contributed by atoms with E-state index in [1.807, 2.05) is 6.92 Å². The van der Waals surface area contributed by atoms with E-state index in [4.69, 9.17) is 0 Å². The molecule has 1 heterocycles. The fourth-order valence-electron chi connectivity index (χ4n) is 2.02. The molecule has 0 aromatic heterocycles. The summed E-state index contributed by atoms with van der Waals surface area (Å²) in [7, 11) is 0. The molecule has 0 unspecified atom stereocenters. The zero-order valence-electron chi connectivity index (χ0n) is 9.92. The Morgan fingerprint density at radius 1 is 1.47 bits per heavy atom. The van der Waals surface area contributed by atoms with Crippen molar-refractivity contribution in [3.8, 4) is 0 Å². The summed E-state index contributed by atoms with van der Waals surface area (Å²) in [6.45, 7) is 2.73. The van der Waals surface area contributed by atoms with Crippen LogP contribution in [0.5, 0.6) is 0 Å². The number of halogens is 1. The third kappa shape index (κ3) is 3.03. The second kappa shape index (κ2) is 5.27. The minimum absolute atomic E-state index is 0.0709. The number of piperidine rings is 1. The smallest absolute Gasteiger partial charge is 0.241 e. The van der Waals surface area contributed by atoms with E-state index in [0.29, 0.717) is 5.69 Å². The van der Waals surface area contributed by atoms with Crippen LogP contribution in [0.15, 0.2) is 18.2 Å². The first-order valence-corrected chi connectivity index (χ1v) is 5.97. The summed E-state index contributed by atoms with van der Waals surface area (Å²) >= 11 is 0. The van der Waals surface area contributed by atoms with Crippen molar-refractivity contribution in [2.45, 2.75) is 32.2 Å². The van der Waals surface area contributed by atoms with Crippen LogP contribution in [-0.4, -0.2) is 18.5 Å². The first kappa shape index (κ1) is 12.0. The van der Waals surface area contributed by atoms with E-state index >= 15 is 0 Å². The van der Waals surface area contributed by atoms with Gasteiger partial charge in [-0.1, -0.05) is 12.5 Å². The highest BCUT2D eigenvalue weighted by molar-refractivity contribution is 5.95. The highest BCUT2D eigenvalue weighted by atomic mass is 19.1. The van der Waals surface area contributed by atoms with Gasteiger partial charge in [0.15, 0.2) is 0 Å². The molecule has 2 N–H and O–H groups in total. The molecular formula is C13H17FN2O. The molecule has 1 saturated heterocycles. The molecule has 1 fully saturated rings. The monoisotopic (exact) mass is 236 g/mol. The largest absolute Gasteiger partial charge is 0.324 e. The number of rotatable bonds is 2. The van der Waals surface area contributed by atoms with Gasteiger partial charge in [-0.3, -0.25) is 4.79 Å². The quantitative estimate of drug-likeness (QED) is 0.826. The van der Waals surface area contributed by atoms with Gasteiger partial charge < -0.3 is 10.6 Å². The van der Waals surface area contributed by atoms with Gasteiger partial charge in [-0.25, -0.2) is 4.39 Å². The van der Waals surface area contributed by atoms with E-state index < -0.39 is 0 Å². The van der Waals surface area contributed by atoms with Gasteiger partial charge >= 0.3 is 0 Å². The molecule has 0 aliphatic carbocycles. The molecule has 0 bridgehead atoms. The summed E-state index contributed by atoms with van der Waals surface area (Å²) in [5, 5.41) is 5.95. The van der Waals surface area contributed by atoms with Crippen molar-refractivity contribution >= 4 is 11.6 Å². The lowest BCUT2D eigenvalue weighted by Gasteiger charge is -2.22. The number of nitrogens with one attached hydrogen (secondary N) is 2. The zero-order valence-corrected chi connectivity index (χ0v) is 9.92. The normalized spacial score (nSPS) is 20.0. The molecule has 0 spiro atoms. The number of carbonyl (C=O) groups is 1. The van der Waals surface area contributed by atoms with Gasteiger partial charge in [-0.05, 0) is 44.0 Å². The first-order valence-electron chi connectivity index (χ1n) is 5.97. The van der Waals surface area contributed by atoms with Gasteiger partial charge in [0.2, 0.25) is 5.91 Å². The summed E-state index contributed by atoms with van der Waals surface area (Å²) in [5.74, 6) is -0.402. The van der Waals surface area contributed by atoms with Gasteiger partial charge in [-0.2, -0.15) is 0 Å². The molecule has 1 atom stereocenters. The highest BCUT2D eigenvalue weighted by Gasteiger charge is 2.20. The molecule has 1 aromatic rings. The average Bonchev–Trinajstić information content (AvgIpc) is 2.35. The van der Waals surface area contributed by atoms with Crippen molar-refractivity contribution < 1.29 is 9.18 Å². The van der Waals surface area contributed by atoms with Crippen LogP contribution in [-0.2, 0) is 4.79 Å². The van der Waals surface area contributed by atoms with Crippen LogP contribution in [0.25, 0.3) is 0 Å². The van der Waals surface area contributed by atoms with Crippen molar-refractivity contribution in [1.29, 1.82) is 0 Å². The number of hydrogen-bond donors (Lipinski definition) is 2. The minimum atomic E-state index is -0.331. The molecule has 17 heavy (non-hydrogen) atoms. The predicted octanol–water partition coefficient (Wildman–Crippen LogP) is 2.21. The fourth-order valence-corrected chi connectivity index (χ4v) is 2.02. The van der Waals surface area contributed by atoms with Crippen molar-refractivity contribution in [2.75, 3.05) is 11.9 Å². The summed E-state index contributed by atoms with van der Waals surface area (Å²) in [6, 6.07) is 4.27. The Morgan fingerprint density at radius 3 is 3.00 bits per heavy atom. The average molecular weight is 236 g/mol. The zero-order chi connectivity index (χ0) is 12.3. The van der Waals surface area contributed by atoms with Crippen molar-refractivity contribution in [3.05, 3.63) is 29.6 Å². The Morgan fingerprint density at radius 2 is 2.29 bits per heavy atom. The molecular weight excluding hydrogens is 219 g/mol. The van der Waals surface area contributed by atoms with Gasteiger partial charge in [0.25, 0.3) is 0 Å². The van der Waals surface area contributed by atoms with Gasteiger partial charge in [0.1, 0.15) is 5.82 Å². The number of hydrogen-bond acceptors (Lipinski definition) is 2. The van der Waals surface area contributed by atoms with Crippen molar-refractivity contribution in [3.63, 3.8) is 0 Å². The highest BCUT2D eigenvalue weighted by Crippen LogP contribution is 2.17. The van der Waals surface area contributed by atoms with E-state index in [-0.39, 0.29) is 17.8 Å².